The first kappa shape index (κ1) is 17.2. The molecule has 0 saturated carbocycles. The topological polar surface area (TPSA) is 75.7 Å². The highest BCUT2D eigenvalue weighted by molar-refractivity contribution is 6.10. The lowest BCUT2D eigenvalue weighted by Gasteiger charge is -2.23. The number of benzene rings is 1. The van der Waals surface area contributed by atoms with Crippen LogP contribution < -0.4 is 10.1 Å². The van der Waals surface area contributed by atoms with E-state index in [1.54, 1.807) is 25.1 Å². The van der Waals surface area contributed by atoms with Crippen LogP contribution in [0, 0.1) is 11.8 Å². The molecule has 1 fully saturated rings. The summed E-state index contributed by atoms with van der Waals surface area (Å²) in [6.45, 7) is 3.92. The van der Waals surface area contributed by atoms with Crippen molar-refractivity contribution in [3.05, 3.63) is 36.4 Å². The van der Waals surface area contributed by atoms with Gasteiger partial charge in [-0.2, -0.15) is 0 Å². The second kappa shape index (κ2) is 7.09. The second-order valence-corrected chi connectivity index (χ2v) is 6.30. The minimum absolute atomic E-state index is 0.250. The van der Waals surface area contributed by atoms with E-state index in [0.29, 0.717) is 30.9 Å². The van der Waals surface area contributed by atoms with Gasteiger partial charge in [0.15, 0.2) is 0 Å². The van der Waals surface area contributed by atoms with Gasteiger partial charge in [0.05, 0.1) is 24.1 Å². The molecule has 1 heterocycles. The lowest BCUT2D eigenvalue weighted by molar-refractivity contribution is -0.146. The van der Waals surface area contributed by atoms with Gasteiger partial charge in [-0.05, 0) is 38.8 Å². The van der Waals surface area contributed by atoms with E-state index in [9.17, 15) is 14.4 Å². The Morgan fingerprint density at radius 3 is 2.40 bits per heavy atom. The SMILES string of the molecule is CCOc1ccccc1NC(=O)[C@H](C)N1C(=O)[C@H]2CC=CC[C@H]2C1=O. The van der Waals surface area contributed by atoms with Gasteiger partial charge in [-0.3, -0.25) is 19.3 Å². The van der Waals surface area contributed by atoms with Crippen molar-refractivity contribution in [3.63, 3.8) is 0 Å². The number of rotatable bonds is 5. The molecule has 0 aromatic heterocycles. The maximum atomic E-state index is 12.6. The molecule has 6 heteroatoms. The number of hydrogen-bond donors (Lipinski definition) is 1. The number of carbonyl (C=O) groups excluding carboxylic acids is 3. The molecule has 1 N–H and O–H groups in total. The first-order valence-corrected chi connectivity index (χ1v) is 8.59. The van der Waals surface area contributed by atoms with Crippen LogP contribution in [0.15, 0.2) is 36.4 Å². The molecule has 132 valence electrons. The highest BCUT2D eigenvalue weighted by atomic mass is 16.5. The Balaban J connectivity index is 1.75. The molecule has 1 saturated heterocycles. The average Bonchev–Trinajstić information content (AvgIpc) is 2.87. The van der Waals surface area contributed by atoms with Crippen LogP contribution in [0.1, 0.15) is 26.7 Å². The Labute approximate surface area is 146 Å². The number of anilines is 1. The number of likely N-dealkylation sites (tertiary alicyclic amines) is 1. The third kappa shape index (κ3) is 3.16. The highest BCUT2D eigenvalue weighted by Gasteiger charge is 2.50. The van der Waals surface area contributed by atoms with Gasteiger partial charge in [0.25, 0.3) is 0 Å². The molecule has 25 heavy (non-hydrogen) atoms. The van der Waals surface area contributed by atoms with Crippen molar-refractivity contribution in [2.24, 2.45) is 11.8 Å². The Morgan fingerprint density at radius 1 is 1.20 bits per heavy atom. The summed E-state index contributed by atoms with van der Waals surface area (Å²) >= 11 is 0. The lowest BCUT2D eigenvalue weighted by Crippen LogP contribution is -2.46. The molecule has 1 aliphatic carbocycles. The summed E-state index contributed by atoms with van der Waals surface area (Å²) < 4.78 is 5.49. The average molecular weight is 342 g/mol. The van der Waals surface area contributed by atoms with Crippen LogP contribution in [-0.2, 0) is 14.4 Å². The van der Waals surface area contributed by atoms with Gasteiger partial charge in [0.2, 0.25) is 17.7 Å². The zero-order valence-corrected chi connectivity index (χ0v) is 14.4. The highest BCUT2D eigenvalue weighted by Crippen LogP contribution is 2.36. The lowest BCUT2D eigenvalue weighted by atomic mass is 9.85. The largest absolute Gasteiger partial charge is 0.492 e. The molecular formula is C19H22N2O4. The molecule has 3 amide bonds. The van der Waals surface area contributed by atoms with E-state index in [-0.39, 0.29) is 23.7 Å². The molecule has 1 aromatic carbocycles. The Bertz CT molecular complexity index is 702. The summed E-state index contributed by atoms with van der Waals surface area (Å²) in [6.07, 6.45) is 4.98. The second-order valence-electron chi connectivity index (χ2n) is 6.30. The van der Waals surface area contributed by atoms with Gasteiger partial charge in [-0.1, -0.05) is 24.3 Å². The summed E-state index contributed by atoms with van der Waals surface area (Å²) in [5.41, 5.74) is 0.527. The number of hydrogen-bond acceptors (Lipinski definition) is 4. The van der Waals surface area contributed by atoms with Crippen molar-refractivity contribution in [1.29, 1.82) is 0 Å². The molecule has 0 unspecified atom stereocenters. The Hall–Kier alpha value is -2.63. The molecule has 6 nitrogen and oxygen atoms in total. The van der Waals surface area contributed by atoms with Crippen LogP contribution in [0.3, 0.4) is 0 Å². The maximum absolute atomic E-state index is 12.6. The zero-order chi connectivity index (χ0) is 18.0. The summed E-state index contributed by atoms with van der Waals surface area (Å²) in [5.74, 6) is -1.00. The quantitative estimate of drug-likeness (QED) is 0.658. The van der Waals surface area contributed by atoms with Gasteiger partial charge < -0.3 is 10.1 Å². The Morgan fingerprint density at radius 2 is 1.80 bits per heavy atom. The minimum Gasteiger partial charge on any atom is -0.492 e. The first-order valence-electron chi connectivity index (χ1n) is 8.59. The van der Waals surface area contributed by atoms with E-state index < -0.39 is 11.9 Å². The molecule has 3 atom stereocenters. The molecular weight excluding hydrogens is 320 g/mol. The van der Waals surface area contributed by atoms with Gasteiger partial charge in [0, 0.05) is 0 Å². The van der Waals surface area contributed by atoms with E-state index in [2.05, 4.69) is 5.32 Å². The zero-order valence-electron chi connectivity index (χ0n) is 14.4. The fourth-order valence-corrected chi connectivity index (χ4v) is 3.41. The van der Waals surface area contributed by atoms with Crippen molar-refractivity contribution in [1.82, 2.24) is 4.90 Å². The first-order chi connectivity index (χ1) is 12.0. The Kier molecular flexibility index (Phi) is 4.88. The predicted octanol–water partition coefficient (Wildman–Crippen LogP) is 2.36. The van der Waals surface area contributed by atoms with Crippen molar-refractivity contribution in [2.45, 2.75) is 32.7 Å². The maximum Gasteiger partial charge on any atom is 0.247 e. The number of fused-ring (bicyclic) bond motifs is 1. The number of nitrogens with zero attached hydrogens (tertiary/aromatic N) is 1. The van der Waals surface area contributed by atoms with Crippen LogP contribution in [0.5, 0.6) is 5.75 Å². The minimum atomic E-state index is -0.861. The normalized spacial score (nSPS) is 23.4. The predicted molar refractivity (Wildman–Crippen MR) is 92.9 cm³/mol. The number of carbonyl (C=O) groups is 3. The van der Waals surface area contributed by atoms with E-state index >= 15 is 0 Å². The van der Waals surface area contributed by atoms with Crippen LogP contribution in [0.25, 0.3) is 0 Å². The van der Waals surface area contributed by atoms with Crippen LogP contribution >= 0.6 is 0 Å². The van der Waals surface area contributed by atoms with E-state index in [1.807, 2.05) is 25.1 Å². The number of ether oxygens (including phenoxy) is 1. The number of allylic oxidation sites excluding steroid dienone is 2. The third-order valence-corrected chi connectivity index (χ3v) is 4.75. The van der Waals surface area contributed by atoms with Crippen LogP contribution in [-0.4, -0.2) is 35.3 Å². The van der Waals surface area contributed by atoms with Crippen molar-refractivity contribution in [3.8, 4) is 5.75 Å². The molecule has 1 aromatic rings. The number of amides is 3. The summed E-state index contributed by atoms with van der Waals surface area (Å²) in [6, 6.07) is 6.23. The van der Waals surface area contributed by atoms with Crippen molar-refractivity contribution >= 4 is 23.4 Å². The van der Waals surface area contributed by atoms with Gasteiger partial charge in [-0.15, -0.1) is 0 Å². The van der Waals surface area contributed by atoms with Crippen molar-refractivity contribution in [2.75, 3.05) is 11.9 Å². The van der Waals surface area contributed by atoms with E-state index in [1.165, 1.54) is 0 Å². The van der Waals surface area contributed by atoms with E-state index in [4.69, 9.17) is 4.74 Å². The van der Waals surface area contributed by atoms with Crippen molar-refractivity contribution < 1.29 is 19.1 Å². The number of para-hydroxylation sites is 2. The molecule has 0 spiro atoms. The summed E-state index contributed by atoms with van der Waals surface area (Å²) in [7, 11) is 0. The van der Waals surface area contributed by atoms with Gasteiger partial charge in [0.1, 0.15) is 11.8 Å². The third-order valence-electron chi connectivity index (χ3n) is 4.75. The molecule has 0 bridgehead atoms. The number of nitrogens with one attached hydrogen (secondary N) is 1. The van der Waals surface area contributed by atoms with Crippen LogP contribution in [0.2, 0.25) is 0 Å². The standard InChI is InChI=1S/C19H22N2O4/c1-3-25-16-11-7-6-10-15(16)20-17(22)12(2)21-18(23)13-8-4-5-9-14(13)19(21)24/h4-7,10-14H,3,8-9H2,1-2H3,(H,20,22)/t12-,13-,14+/m0/s1. The molecule has 2 aliphatic rings. The van der Waals surface area contributed by atoms with Gasteiger partial charge in [-0.25, -0.2) is 0 Å². The smallest absolute Gasteiger partial charge is 0.247 e. The fourth-order valence-electron chi connectivity index (χ4n) is 3.41. The van der Waals surface area contributed by atoms with Gasteiger partial charge >= 0.3 is 0 Å². The monoisotopic (exact) mass is 342 g/mol. The summed E-state index contributed by atoms with van der Waals surface area (Å²) in [4.78, 5) is 38.9. The fraction of sp³-hybridized carbons (Fsp3) is 0.421. The summed E-state index contributed by atoms with van der Waals surface area (Å²) in [5, 5.41) is 2.77. The van der Waals surface area contributed by atoms with Crippen LogP contribution in [0.4, 0.5) is 5.69 Å². The number of imide groups is 1. The molecule has 1 aliphatic heterocycles. The van der Waals surface area contributed by atoms with E-state index in [0.717, 1.165) is 4.90 Å². The molecule has 0 radical (unpaired) electrons. The molecule has 3 rings (SSSR count).